The van der Waals surface area contributed by atoms with Gasteiger partial charge < -0.3 is 54.7 Å². The van der Waals surface area contributed by atoms with E-state index in [-0.39, 0.29) is 30.6 Å². The highest BCUT2D eigenvalue weighted by Gasteiger charge is 2.31. The van der Waals surface area contributed by atoms with Gasteiger partial charge in [0.05, 0.1) is 31.5 Å². The molecule has 5 atom stereocenters. The first-order valence-electron chi connectivity index (χ1n) is 30.6. The van der Waals surface area contributed by atoms with Crippen molar-refractivity contribution in [3.8, 4) is 22.3 Å². The standard InChI is InChI=1S/C22H27NO3.C21H25NO4.C17H36NO2P.C7H14O3/c1-2-16(24)9-7-8-14-23-22(25)26-15-21-19-12-5-3-10-17(19)18-11-4-6-13-20(18)21;23-13-15(24)7-5-6-12-22-21(25)26-14-20-18-10-3-1-8-16(18)17-9-2-4-11-19(17)20;1-8-11-12-13-17(10-3)20-21(19-14-9-2)18(15(4)5)16(6)7;1-2-3-4-5-6(8)7(9)10/h3-6,10-13,16,21,24H,2,7-9,14-15H2,1H3,(H,23,25);1-4,8-11,15,20,23-24H,5-7,12-14H2,(H,22,25);9,15-17H,2,8,10-14H2,1,3-7H3;6,8H,2-5H2,1H3,(H,9,10)/t16-;15-;17-,21?;6-/m1010/s1. The van der Waals surface area contributed by atoms with Gasteiger partial charge in [0.2, 0.25) is 0 Å². The summed E-state index contributed by atoms with van der Waals surface area (Å²) in [5, 5.41) is 50.1. The average Bonchev–Trinajstić information content (AvgIpc) is 2.78. The molecule has 2 aliphatic rings. The number of aliphatic hydroxyl groups excluding tert-OH is 4. The average molecular weight is 1170 g/mol. The molecule has 16 heteroatoms. The van der Waals surface area contributed by atoms with Crippen molar-refractivity contribution in [2.24, 2.45) is 0 Å². The zero-order valence-electron chi connectivity index (χ0n) is 51.2. The number of aliphatic hydroxyl groups is 4. The van der Waals surface area contributed by atoms with Crippen LogP contribution in [0.3, 0.4) is 0 Å². The number of nitrogens with zero attached hydrogens (tertiary/aromatic N) is 1. The first-order valence-corrected chi connectivity index (χ1v) is 31.7. The summed E-state index contributed by atoms with van der Waals surface area (Å²) in [6.45, 7) is 23.1. The largest absolute Gasteiger partial charge is 0.479 e. The second-order valence-corrected chi connectivity index (χ2v) is 23.2. The Labute approximate surface area is 498 Å². The molecule has 0 heterocycles. The lowest BCUT2D eigenvalue weighted by molar-refractivity contribution is -0.147. The summed E-state index contributed by atoms with van der Waals surface area (Å²) in [6, 6.07) is 33.9. The fourth-order valence-electron chi connectivity index (χ4n) is 10.0. The lowest BCUT2D eigenvalue weighted by Gasteiger charge is -2.37. The van der Waals surface area contributed by atoms with Crippen molar-refractivity contribution in [1.82, 2.24) is 15.3 Å². The molecule has 0 radical (unpaired) electrons. The molecule has 462 valence electrons. The van der Waals surface area contributed by atoms with Gasteiger partial charge in [-0.05, 0) is 136 Å². The SMILES string of the molecule is C=CCOP(O[C@H](CC)CCCCC)N(C(C)C)C(C)C.CCCCC[C@H](O)C(=O)O.CC[C@@H](O)CCCCNC(=O)OCC1c2ccccc2-c2ccccc21.O=C(NCCCC[C@H](O)CO)OCC1c2ccccc2-c2ccccc21. The molecule has 7 N–H and O–H groups in total. The topological polar surface area (TPSA) is 217 Å². The van der Waals surface area contributed by atoms with Crippen LogP contribution in [0.5, 0.6) is 0 Å². The van der Waals surface area contributed by atoms with Gasteiger partial charge in [0.25, 0.3) is 8.53 Å². The minimum absolute atomic E-state index is 0.0628. The number of carboxylic acids is 1. The molecule has 0 saturated carbocycles. The van der Waals surface area contributed by atoms with Crippen LogP contribution in [0, 0.1) is 0 Å². The van der Waals surface area contributed by atoms with E-state index < -0.39 is 32.8 Å². The number of benzene rings is 4. The second kappa shape index (κ2) is 41.7. The normalized spacial score (nSPS) is 14.0. The summed E-state index contributed by atoms with van der Waals surface area (Å²) in [7, 11) is -1.01. The van der Waals surface area contributed by atoms with E-state index in [0.29, 0.717) is 63.9 Å². The molecule has 2 aliphatic carbocycles. The Morgan fingerprint density at radius 1 is 0.578 bits per heavy atom. The third-order valence-electron chi connectivity index (χ3n) is 14.6. The Hall–Kier alpha value is -5.22. The zero-order chi connectivity index (χ0) is 60.9. The molecule has 4 aromatic rings. The quantitative estimate of drug-likeness (QED) is 0.0132. The highest BCUT2D eigenvalue weighted by atomic mass is 31.2. The van der Waals surface area contributed by atoms with E-state index in [2.05, 4.69) is 112 Å². The van der Waals surface area contributed by atoms with E-state index in [1.165, 1.54) is 63.8 Å². The lowest BCUT2D eigenvalue weighted by Crippen LogP contribution is -2.34. The van der Waals surface area contributed by atoms with Gasteiger partial charge >= 0.3 is 18.2 Å². The summed E-state index contributed by atoms with van der Waals surface area (Å²) < 4.78 is 25.6. The van der Waals surface area contributed by atoms with Gasteiger partial charge in [-0.1, -0.05) is 169 Å². The van der Waals surface area contributed by atoms with Crippen LogP contribution in [0.15, 0.2) is 110 Å². The Balaban J connectivity index is 0.000000304. The van der Waals surface area contributed by atoms with E-state index in [1.54, 1.807) is 6.08 Å². The van der Waals surface area contributed by atoms with Crippen LogP contribution in [-0.4, -0.2) is 124 Å². The predicted octanol–water partition coefficient (Wildman–Crippen LogP) is 14.4. The van der Waals surface area contributed by atoms with Crippen molar-refractivity contribution in [2.75, 3.05) is 39.5 Å². The summed E-state index contributed by atoms with van der Waals surface area (Å²) in [4.78, 5) is 34.0. The molecular weight excluding hydrogens is 1070 g/mol. The van der Waals surface area contributed by atoms with Crippen molar-refractivity contribution in [2.45, 2.75) is 206 Å². The van der Waals surface area contributed by atoms with Gasteiger partial charge in [-0.25, -0.2) is 19.1 Å². The lowest BCUT2D eigenvalue weighted by atomic mass is 9.98. The first-order chi connectivity index (χ1) is 40.1. The molecule has 0 bridgehead atoms. The number of alkyl carbamates (subject to hydrolysis) is 2. The van der Waals surface area contributed by atoms with E-state index in [1.807, 2.05) is 62.4 Å². The molecule has 0 saturated heterocycles. The van der Waals surface area contributed by atoms with E-state index in [0.717, 1.165) is 70.6 Å². The minimum Gasteiger partial charge on any atom is -0.479 e. The third kappa shape index (κ3) is 25.9. The zero-order valence-corrected chi connectivity index (χ0v) is 52.1. The predicted molar refractivity (Wildman–Crippen MR) is 336 cm³/mol. The molecule has 15 nitrogen and oxygen atoms in total. The second-order valence-electron chi connectivity index (χ2n) is 21.8. The molecule has 0 aliphatic heterocycles. The van der Waals surface area contributed by atoms with Gasteiger partial charge in [0, 0.05) is 37.0 Å². The molecule has 1 unspecified atom stereocenters. The Morgan fingerprint density at radius 2 is 0.976 bits per heavy atom. The van der Waals surface area contributed by atoms with Gasteiger partial charge in [-0.3, -0.25) is 0 Å². The smallest absolute Gasteiger partial charge is 0.407 e. The van der Waals surface area contributed by atoms with Crippen molar-refractivity contribution in [3.63, 3.8) is 0 Å². The highest BCUT2D eigenvalue weighted by molar-refractivity contribution is 7.44. The number of amides is 2. The number of hydrogen-bond donors (Lipinski definition) is 7. The number of ether oxygens (including phenoxy) is 2. The number of fused-ring (bicyclic) bond motifs is 6. The van der Waals surface area contributed by atoms with Crippen LogP contribution < -0.4 is 10.6 Å². The molecule has 0 spiro atoms. The number of nitrogens with one attached hydrogen (secondary N) is 2. The van der Waals surface area contributed by atoms with Crippen molar-refractivity contribution >= 4 is 26.7 Å². The van der Waals surface area contributed by atoms with Gasteiger partial charge in [0.15, 0.2) is 6.10 Å². The van der Waals surface area contributed by atoms with Crippen LogP contribution in [0.25, 0.3) is 22.3 Å². The summed E-state index contributed by atoms with van der Waals surface area (Å²) in [5.41, 5.74) is 9.70. The van der Waals surface area contributed by atoms with Crippen molar-refractivity contribution < 1.29 is 58.4 Å². The summed E-state index contributed by atoms with van der Waals surface area (Å²) >= 11 is 0. The van der Waals surface area contributed by atoms with Crippen LogP contribution in [0.2, 0.25) is 0 Å². The van der Waals surface area contributed by atoms with Gasteiger partial charge in [-0.2, -0.15) is 0 Å². The molecule has 0 fully saturated rings. The van der Waals surface area contributed by atoms with Crippen molar-refractivity contribution in [1.29, 1.82) is 0 Å². The van der Waals surface area contributed by atoms with E-state index in [9.17, 15) is 24.6 Å². The molecule has 4 aromatic carbocycles. The number of hydrogen-bond acceptors (Lipinski definition) is 12. The molecule has 83 heavy (non-hydrogen) atoms. The Kier molecular flexibility index (Phi) is 36.2. The number of carbonyl (C=O) groups excluding carboxylic acids is 2. The number of carboxylic acid groups (broad SMARTS) is 1. The highest BCUT2D eigenvalue weighted by Crippen LogP contribution is 2.48. The van der Waals surface area contributed by atoms with Crippen molar-refractivity contribution in [3.05, 3.63) is 132 Å². The fraction of sp³-hybridized carbons (Fsp3) is 0.567. The van der Waals surface area contributed by atoms with Crippen LogP contribution in [0.1, 0.15) is 192 Å². The van der Waals surface area contributed by atoms with Crippen LogP contribution in [0.4, 0.5) is 9.59 Å². The summed E-state index contributed by atoms with van der Waals surface area (Å²) in [5.74, 6) is -0.961. The molecular formula is C67H102N3O12P. The summed E-state index contributed by atoms with van der Waals surface area (Å²) in [6.07, 6.45) is 13.7. The number of rotatable bonds is 34. The maximum absolute atomic E-state index is 12.0. The number of aliphatic carboxylic acids is 1. The van der Waals surface area contributed by atoms with Gasteiger partial charge in [-0.15, -0.1) is 6.58 Å². The third-order valence-corrected chi connectivity index (χ3v) is 16.7. The Morgan fingerprint density at radius 3 is 1.34 bits per heavy atom. The maximum Gasteiger partial charge on any atom is 0.407 e. The maximum atomic E-state index is 12.0. The van der Waals surface area contributed by atoms with Crippen LogP contribution in [-0.2, 0) is 23.3 Å². The molecule has 2 amide bonds. The number of unbranched alkanes of at least 4 members (excludes halogenated alkanes) is 6. The molecule has 6 rings (SSSR count). The Bertz CT molecular complexity index is 2210. The number of carbonyl (C=O) groups is 3. The molecule has 0 aromatic heterocycles. The minimum atomic E-state index is -1.16. The van der Waals surface area contributed by atoms with E-state index in [4.69, 9.17) is 33.8 Å². The van der Waals surface area contributed by atoms with E-state index >= 15 is 0 Å². The monoisotopic (exact) mass is 1170 g/mol. The first kappa shape index (κ1) is 72.0. The fourth-order valence-corrected chi connectivity index (χ4v) is 11.8. The van der Waals surface area contributed by atoms with Gasteiger partial charge in [0.1, 0.15) is 13.2 Å². The van der Waals surface area contributed by atoms with Crippen LogP contribution >= 0.6 is 8.53 Å².